The van der Waals surface area contributed by atoms with E-state index in [1.54, 1.807) is 0 Å². The second-order valence-electron chi connectivity index (χ2n) is 4.65. The van der Waals surface area contributed by atoms with Crippen molar-refractivity contribution in [2.75, 3.05) is 13.2 Å². The molecule has 1 rings (SSSR count). The second-order valence-corrected chi connectivity index (χ2v) is 4.65. The molecule has 1 aromatic heterocycles. The van der Waals surface area contributed by atoms with E-state index in [4.69, 9.17) is 5.11 Å². The summed E-state index contributed by atoms with van der Waals surface area (Å²) in [5.41, 5.74) is -0.455. The fourth-order valence-corrected chi connectivity index (χ4v) is 1.67. The van der Waals surface area contributed by atoms with Gasteiger partial charge in [0.25, 0.3) is 12.3 Å². The lowest BCUT2D eigenvalue weighted by molar-refractivity contribution is 0.0932. The summed E-state index contributed by atoms with van der Waals surface area (Å²) < 4.78 is 27.3. The molecule has 0 saturated heterocycles. The van der Waals surface area contributed by atoms with Crippen LogP contribution in [-0.4, -0.2) is 33.9 Å². The van der Waals surface area contributed by atoms with Gasteiger partial charge in [-0.3, -0.25) is 9.48 Å². The molecule has 108 valence electrons. The highest BCUT2D eigenvalue weighted by Crippen LogP contribution is 2.23. The minimum atomic E-state index is -2.75. The first-order valence-corrected chi connectivity index (χ1v) is 6.20. The SMILES string of the molecule is CC(C)Cn1ncc(C(=O)NCCCO)c1C(F)F. The van der Waals surface area contributed by atoms with Crippen LogP contribution in [0.3, 0.4) is 0 Å². The summed E-state index contributed by atoms with van der Waals surface area (Å²) in [6, 6.07) is 0. The van der Waals surface area contributed by atoms with Gasteiger partial charge >= 0.3 is 0 Å². The summed E-state index contributed by atoms with van der Waals surface area (Å²) in [6.45, 7) is 4.29. The van der Waals surface area contributed by atoms with Gasteiger partial charge in [0.15, 0.2) is 0 Å². The first kappa shape index (κ1) is 15.6. The van der Waals surface area contributed by atoms with Crippen LogP contribution in [0.1, 0.15) is 42.7 Å². The minimum absolute atomic E-state index is 0.0609. The lowest BCUT2D eigenvalue weighted by Crippen LogP contribution is -2.26. The first-order valence-electron chi connectivity index (χ1n) is 6.20. The van der Waals surface area contributed by atoms with Crippen LogP contribution in [0.25, 0.3) is 0 Å². The molecule has 0 aliphatic heterocycles. The molecule has 1 aromatic rings. The van der Waals surface area contributed by atoms with Crippen molar-refractivity contribution in [3.8, 4) is 0 Å². The van der Waals surface area contributed by atoms with Crippen LogP contribution < -0.4 is 5.32 Å². The number of carbonyl (C=O) groups is 1. The first-order chi connectivity index (χ1) is 8.97. The van der Waals surface area contributed by atoms with E-state index in [1.165, 1.54) is 4.68 Å². The fourth-order valence-electron chi connectivity index (χ4n) is 1.67. The summed E-state index contributed by atoms with van der Waals surface area (Å²) in [6.07, 6.45) is -1.20. The number of hydrogen-bond donors (Lipinski definition) is 2. The second kappa shape index (κ2) is 7.18. The Kier molecular flexibility index (Phi) is 5.88. The quantitative estimate of drug-likeness (QED) is 0.743. The Labute approximate surface area is 110 Å². The van der Waals surface area contributed by atoms with Gasteiger partial charge in [0.1, 0.15) is 5.69 Å². The Hall–Kier alpha value is -1.50. The summed E-state index contributed by atoms with van der Waals surface area (Å²) in [5, 5.41) is 14.9. The molecule has 0 bridgehead atoms. The third-order valence-electron chi connectivity index (χ3n) is 2.49. The van der Waals surface area contributed by atoms with Crippen molar-refractivity contribution >= 4 is 5.91 Å². The number of carbonyl (C=O) groups excluding carboxylic acids is 1. The molecule has 0 fully saturated rings. The van der Waals surface area contributed by atoms with Crippen LogP contribution >= 0.6 is 0 Å². The van der Waals surface area contributed by atoms with Gasteiger partial charge in [0, 0.05) is 19.7 Å². The van der Waals surface area contributed by atoms with E-state index in [9.17, 15) is 13.6 Å². The van der Waals surface area contributed by atoms with Gasteiger partial charge in [-0.15, -0.1) is 0 Å². The standard InChI is InChI=1S/C12H19F2N3O2/c1-8(2)7-17-10(11(13)14)9(6-16-17)12(19)15-4-3-5-18/h6,8,11,18H,3-5,7H2,1-2H3,(H,15,19). The van der Waals surface area contributed by atoms with E-state index in [-0.39, 0.29) is 30.3 Å². The highest BCUT2D eigenvalue weighted by atomic mass is 19.3. The zero-order chi connectivity index (χ0) is 14.4. The van der Waals surface area contributed by atoms with Crippen LogP contribution in [0.2, 0.25) is 0 Å². The van der Waals surface area contributed by atoms with Crippen molar-refractivity contribution in [3.05, 3.63) is 17.5 Å². The fraction of sp³-hybridized carbons (Fsp3) is 0.667. The molecule has 5 nitrogen and oxygen atoms in total. The van der Waals surface area contributed by atoms with Gasteiger partial charge in [-0.2, -0.15) is 5.10 Å². The molecule has 0 unspecified atom stereocenters. The number of aliphatic hydroxyl groups excluding tert-OH is 1. The number of halogens is 2. The highest BCUT2D eigenvalue weighted by molar-refractivity contribution is 5.95. The van der Waals surface area contributed by atoms with E-state index < -0.39 is 12.3 Å². The number of nitrogens with one attached hydrogen (secondary N) is 1. The largest absolute Gasteiger partial charge is 0.396 e. The molecule has 0 atom stereocenters. The maximum Gasteiger partial charge on any atom is 0.280 e. The van der Waals surface area contributed by atoms with Crippen molar-refractivity contribution in [1.29, 1.82) is 0 Å². The number of hydrogen-bond acceptors (Lipinski definition) is 3. The van der Waals surface area contributed by atoms with Gasteiger partial charge in [-0.25, -0.2) is 8.78 Å². The molecule has 1 heterocycles. The molecule has 19 heavy (non-hydrogen) atoms. The Morgan fingerprint density at radius 3 is 2.74 bits per heavy atom. The molecular formula is C12H19F2N3O2. The van der Waals surface area contributed by atoms with Crippen molar-refractivity contribution in [1.82, 2.24) is 15.1 Å². The molecule has 0 aliphatic carbocycles. The Morgan fingerprint density at radius 1 is 1.53 bits per heavy atom. The van der Waals surface area contributed by atoms with Gasteiger partial charge in [0.05, 0.1) is 11.8 Å². The predicted octanol–water partition coefficient (Wildman–Crippen LogP) is 1.59. The molecule has 1 amide bonds. The lowest BCUT2D eigenvalue weighted by atomic mass is 10.2. The van der Waals surface area contributed by atoms with Gasteiger partial charge in [-0.05, 0) is 12.3 Å². The lowest BCUT2D eigenvalue weighted by Gasteiger charge is -2.11. The van der Waals surface area contributed by atoms with E-state index in [2.05, 4.69) is 10.4 Å². The van der Waals surface area contributed by atoms with Gasteiger partial charge < -0.3 is 10.4 Å². The van der Waals surface area contributed by atoms with E-state index in [0.29, 0.717) is 13.0 Å². The van der Waals surface area contributed by atoms with Crippen molar-refractivity contribution in [2.24, 2.45) is 5.92 Å². The predicted molar refractivity (Wildman–Crippen MR) is 66.1 cm³/mol. The van der Waals surface area contributed by atoms with Crippen LogP contribution in [0.5, 0.6) is 0 Å². The molecule has 0 radical (unpaired) electrons. The van der Waals surface area contributed by atoms with E-state index >= 15 is 0 Å². The van der Waals surface area contributed by atoms with Crippen molar-refractivity contribution < 1.29 is 18.7 Å². The van der Waals surface area contributed by atoms with Gasteiger partial charge in [-0.1, -0.05) is 13.8 Å². The maximum absolute atomic E-state index is 13.0. The maximum atomic E-state index is 13.0. The summed E-state index contributed by atoms with van der Waals surface area (Å²) >= 11 is 0. The molecule has 0 spiro atoms. The van der Waals surface area contributed by atoms with Crippen molar-refractivity contribution in [3.63, 3.8) is 0 Å². The Balaban J connectivity index is 2.88. The molecule has 0 aliphatic rings. The normalized spacial score (nSPS) is 11.3. The molecule has 0 saturated carbocycles. The average molecular weight is 275 g/mol. The smallest absolute Gasteiger partial charge is 0.280 e. The molecular weight excluding hydrogens is 256 g/mol. The zero-order valence-corrected chi connectivity index (χ0v) is 11.1. The van der Waals surface area contributed by atoms with Crippen molar-refractivity contribution in [2.45, 2.75) is 33.2 Å². The monoisotopic (exact) mass is 275 g/mol. The number of amides is 1. The Morgan fingerprint density at radius 2 is 2.21 bits per heavy atom. The average Bonchev–Trinajstić information content (AvgIpc) is 2.72. The number of aliphatic hydroxyl groups is 1. The highest BCUT2D eigenvalue weighted by Gasteiger charge is 2.24. The summed E-state index contributed by atoms with van der Waals surface area (Å²) in [5.74, 6) is -0.429. The molecule has 7 heteroatoms. The van der Waals surface area contributed by atoms with Crippen LogP contribution in [0.15, 0.2) is 6.20 Å². The molecule has 0 aromatic carbocycles. The number of alkyl halides is 2. The van der Waals surface area contributed by atoms with Crippen LogP contribution in [0, 0.1) is 5.92 Å². The van der Waals surface area contributed by atoms with Crippen LogP contribution in [-0.2, 0) is 6.54 Å². The van der Waals surface area contributed by atoms with E-state index in [1.807, 2.05) is 13.8 Å². The topological polar surface area (TPSA) is 67.2 Å². The van der Waals surface area contributed by atoms with Gasteiger partial charge in [0.2, 0.25) is 0 Å². The molecule has 2 N–H and O–H groups in total. The summed E-state index contributed by atoms with van der Waals surface area (Å²) in [4.78, 5) is 11.8. The zero-order valence-electron chi connectivity index (χ0n) is 11.1. The number of nitrogens with zero attached hydrogens (tertiary/aromatic N) is 2. The summed E-state index contributed by atoms with van der Waals surface area (Å²) in [7, 11) is 0. The Bertz CT molecular complexity index is 419. The van der Waals surface area contributed by atoms with Crippen LogP contribution in [0.4, 0.5) is 8.78 Å². The third kappa shape index (κ3) is 4.27. The minimum Gasteiger partial charge on any atom is -0.396 e. The number of aromatic nitrogens is 2. The third-order valence-corrected chi connectivity index (χ3v) is 2.49. The number of rotatable bonds is 7. The van der Waals surface area contributed by atoms with E-state index in [0.717, 1.165) is 6.20 Å².